The van der Waals surface area contributed by atoms with Crippen molar-refractivity contribution in [2.24, 2.45) is 5.73 Å². The fourth-order valence-corrected chi connectivity index (χ4v) is 3.41. The minimum Gasteiger partial charge on any atom is -0.492 e. The van der Waals surface area contributed by atoms with E-state index in [1.165, 1.54) is 32.6 Å². The van der Waals surface area contributed by atoms with E-state index in [1.807, 2.05) is 30.3 Å². The quantitative estimate of drug-likeness (QED) is 0.893. The molecule has 0 bridgehead atoms. The van der Waals surface area contributed by atoms with Crippen LogP contribution < -0.4 is 10.5 Å². The number of likely N-dealkylation sites (tertiary alicyclic amines) is 2. The lowest BCUT2D eigenvalue weighted by molar-refractivity contribution is 0.148. The first-order valence-corrected chi connectivity index (χ1v) is 8.21. The number of para-hydroxylation sites is 1. The molecule has 4 nitrogen and oxygen atoms in total. The van der Waals surface area contributed by atoms with Crippen LogP contribution in [-0.2, 0) is 0 Å². The van der Waals surface area contributed by atoms with Crippen LogP contribution >= 0.6 is 0 Å². The van der Waals surface area contributed by atoms with Gasteiger partial charge in [0.1, 0.15) is 12.4 Å². The van der Waals surface area contributed by atoms with Crippen LogP contribution in [0.3, 0.4) is 0 Å². The van der Waals surface area contributed by atoms with Crippen molar-refractivity contribution in [1.29, 1.82) is 0 Å². The maximum Gasteiger partial charge on any atom is 0.119 e. The van der Waals surface area contributed by atoms with Crippen molar-refractivity contribution in [3.63, 3.8) is 0 Å². The highest BCUT2D eigenvalue weighted by Crippen LogP contribution is 2.19. The Morgan fingerprint density at radius 2 is 1.81 bits per heavy atom. The maximum atomic E-state index is 5.99. The lowest BCUT2D eigenvalue weighted by atomic mass is 10.0. The number of nitrogens with two attached hydrogens (primary N) is 1. The van der Waals surface area contributed by atoms with Gasteiger partial charge in [-0.1, -0.05) is 18.2 Å². The molecule has 1 aromatic carbocycles. The van der Waals surface area contributed by atoms with E-state index in [-0.39, 0.29) is 0 Å². The van der Waals surface area contributed by atoms with E-state index in [0.717, 1.165) is 37.8 Å². The summed E-state index contributed by atoms with van der Waals surface area (Å²) in [6.45, 7) is 6.56. The molecule has 2 heterocycles. The van der Waals surface area contributed by atoms with Crippen molar-refractivity contribution in [3.05, 3.63) is 30.3 Å². The Hall–Kier alpha value is -1.10. The van der Waals surface area contributed by atoms with Crippen molar-refractivity contribution in [2.75, 3.05) is 39.3 Å². The van der Waals surface area contributed by atoms with E-state index in [0.29, 0.717) is 6.04 Å². The molecule has 1 atom stereocenters. The predicted molar refractivity (Wildman–Crippen MR) is 85.6 cm³/mol. The van der Waals surface area contributed by atoms with Gasteiger partial charge in [0.25, 0.3) is 0 Å². The van der Waals surface area contributed by atoms with Crippen LogP contribution in [0.15, 0.2) is 30.3 Å². The molecule has 2 fully saturated rings. The summed E-state index contributed by atoms with van der Waals surface area (Å²) in [5, 5.41) is 0. The standard InChI is InChI=1S/C17H27N3O/c18-15-6-10-20(11-7-15)16-8-9-19(14-16)12-13-21-17-4-2-1-3-5-17/h1-5,15-16H,6-14,18H2. The van der Waals surface area contributed by atoms with Gasteiger partial charge in [-0.05, 0) is 51.0 Å². The Labute approximate surface area is 127 Å². The molecule has 0 aliphatic carbocycles. The van der Waals surface area contributed by atoms with Gasteiger partial charge in [0.15, 0.2) is 0 Å². The Kier molecular flexibility index (Phi) is 5.12. The van der Waals surface area contributed by atoms with Crippen LogP contribution in [0.25, 0.3) is 0 Å². The molecule has 3 rings (SSSR count). The Balaban J connectivity index is 1.37. The van der Waals surface area contributed by atoms with Gasteiger partial charge in [-0.15, -0.1) is 0 Å². The summed E-state index contributed by atoms with van der Waals surface area (Å²) in [5.74, 6) is 0.971. The van der Waals surface area contributed by atoms with Crippen molar-refractivity contribution < 1.29 is 4.74 Å². The third-order valence-corrected chi connectivity index (χ3v) is 4.76. The third-order valence-electron chi connectivity index (χ3n) is 4.76. The average Bonchev–Trinajstić information content (AvgIpc) is 2.98. The average molecular weight is 289 g/mol. The molecule has 2 aliphatic heterocycles. The molecule has 0 amide bonds. The monoisotopic (exact) mass is 289 g/mol. The van der Waals surface area contributed by atoms with Crippen LogP contribution in [0.5, 0.6) is 5.75 Å². The lowest BCUT2D eigenvalue weighted by Crippen LogP contribution is -2.46. The summed E-state index contributed by atoms with van der Waals surface area (Å²) in [4.78, 5) is 5.17. The molecule has 1 unspecified atom stereocenters. The van der Waals surface area contributed by atoms with Crippen LogP contribution in [0.2, 0.25) is 0 Å². The highest BCUT2D eigenvalue weighted by atomic mass is 16.5. The molecule has 0 radical (unpaired) electrons. The van der Waals surface area contributed by atoms with Gasteiger partial charge in [-0.2, -0.15) is 0 Å². The van der Waals surface area contributed by atoms with Gasteiger partial charge in [-0.3, -0.25) is 9.80 Å². The first-order chi connectivity index (χ1) is 10.3. The van der Waals surface area contributed by atoms with Gasteiger partial charge in [0.05, 0.1) is 0 Å². The molecule has 0 spiro atoms. The summed E-state index contributed by atoms with van der Waals surface area (Å²) in [7, 11) is 0. The summed E-state index contributed by atoms with van der Waals surface area (Å²) < 4.78 is 5.79. The van der Waals surface area contributed by atoms with Crippen LogP contribution in [0.1, 0.15) is 19.3 Å². The van der Waals surface area contributed by atoms with Gasteiger partial charge >= 0.3 is 0 Å². The molecule has 2 aliphatic rings. The summed E-state index contributed by atoms with van der Waals surface area (Å²) in [6, 6.07) is 11.2. The second-order valence-corrected chi connectivity index (χ2v) is 6.28. The second-order valence-electron chi connectivity index (χ2n) is 6.28. The van der Waals surface area contributed by atoms with E-state index in [4.69, 9.17) is 10.5 Å². The molecule has 4 heteroatoms. The molecular formula is C17H27N3O. The number of benzene rings is 1. The van der Waals surface area contributed by atoms with Gasteiger partial charge < -0.3 is 10.5 Å². The Morgan fingerprint density at radius 3 is 2.57 bits per heavy atom. The summed E-state index contributed by atoms with van der Waals surface area (Å²) in [5.41, 5.74) is 5.99. The van der Waals surface area contributed by atoms with E-state index >= 15 is 0 Å². The normalized spacial score (nSPS) is 25.3. The zero-order valence-electron chi connectivity index (χ0n) is 12.8. The minimum atomic E-state index is 0.429. The molecule has 0 aromatic heterocycles. The smallest absolute Gasteiger partial charge is 0.119 e. The molecule has 1 aromatic rings. The van der Waals surface area contributed by atoms with Crippen LogP contribution in [-0.4, -0.2) is 61.2 Å². The lowest BCUT2D eigenvalue weighted by Gasteiger charge is -2.34. The van der Waals surface area contributed by atoms with E-state index in [9.17, 15) is 0 Å². The van der Waals surface area contributed by atoms with Gasteiger partial charge in [-0.25, -0.2) is 0 Å². The number of hydrogen-bond acceptors (Lipinski definition) is 4. The van der Waals surface area contributed by atoms with Gasteiger partial charge in [0.2, 0.25) is 0 Å². The van der Waals surface area contributed by atoms with Crippen LogP contribution in [0.4, 0.5) is 0 Å². The largest absolute Gasteiger partial charge is 0.492 e. The minimum absolute atomic E-state index is 0.429. The Morgan fingerprint density at radius 1 is 1.05 bits per heavy atom. The topological polar surface area (TPSA) is 41.7 Å². The summed E-state index contributed by atoms with van der Waals surface area (Å²) >= 11 is 0. The fourth-order valence-electron chi connectivity index (χ4n) is 3.41. The van der Waals surface area contributed by atoms with E-state index in [2.05, 4.69) is 9.80 Å². The van der Waals surface area contributed by atoms with E-state index < -0.39 is 0 Å². The second kappa shape index (κ2) is 7.25. The first-order valence-electron chi connectivity index (χ1n) is 8.21. The van der Waals surface area contributed by atoms with Crippen molar-refractivity contribution in [3.8, 4) is 5.75 Å². The van der Waals surface area contributed by atoms with Crippen LogP contribution in [0, 0.1) is 0 Å². The molecule has 0 saturated carbocycles. The number of hydrogen-bond donors (Lipinski definition) is 1. The predicted octanol–water partition coefficient (Wildman–Crippen LogP) is 1.56. The zero-order chi connectivity index (χ0) is 14.5. The first kappa shape index (κ1) is 14.8. The molecule has 2 saturated heterocycles. The molecular weight excluding hydrogens is 262 g/mol. The number of piperidine rings is 1. The highest BCUT2D eigenvalue weighted by Gasteiger charge is 2.29. The number of ether oxygens (including phenoxy) is 1. The van der Waals surface area contributed by atoms with Gasteiger partial charge in [0, 0.05) is 25.2 Å². The van der Waals surface area contributed by atoms with Crippen molar-refractivity contribution >= 4 is 0 Å². The number of nitrogens with zero attached hydrogens (tertiary/aromatic N) is 2. The van der Waals surface area contributed by atoms with Crippen molar-refractivity contribution in [2.45, 2.75) is 31.3 Å². The maximum absolute atomic E-state index is 5.99. The third kappa shape index (κ3) is 4.19. The number of rotatable bonds is 5. The Bertz CT molecular complexity index is 417. The summed E-state index contributed by atoms with van der Waals surface area (Å²) in [6.07, 6.45) is 3.61. The molecule has 21 heavy (non-hydrogen) atoms. The zero-order valence-corrected chi connectivity index (χ0v) is 12.8. The highest BCUT2D eigenvalue weighted by molar-refractivity contribution is 5.20. The molecule has 116 valence electrons. The fraction of sp³-hybridized carbons (Fsp3) is 0.647. The molecule has 2 N–H and O–H groups in total. The SMILES string of the molecule is NC1CCN(C2CCN(CCOc3ccccc3)C2)CC1. The van der Waals surface area contributed by atoms with E-state index in [1.54, 1.807) is 0 Å². The van der Waals surface area contributed by atoms with Crippen molar-refractivity contribution in [1.82, 2.24) is 9.80 Å².